The van der Waals surface area contributed by atoms with Crippen LogP contribution in [0, 0.1) is 11.3 Å². The van der Waals surface area contributed by atoms with Crippen molar-refractivity contribution in [1.29, 1.82) is 5.26 Å². The van der Waals surface area contributed by atoms with E-state index in [1.54, 1.807) is 6.20 Å². The molecule has 0 radical (unpaired) electrons. The molecule has 0 saturated heterocycles. The molecule has 3 aromatic heterocycles. The van der Waals surface area contributed by atoms with Gasteiger partial charge in [-0.25, -0.2) is 9.78 Å². The Morgan fingerprint density at radius 1 is 1.06 bits per heavy atom. The third-order valence-corrected chi connectivity index (χ3v) is 5.60. The van der Waals surface area contributed by atoms with E-state index in [4.69, 9.17) is 4.74 Å². The molecular weight excluding hydrogens is 440 g/mol. The average Bonchev–Trinajstić information content (AvgIpc) is 2.76. The Morgan fingerprint density at radius 3 is 2.37 bits per heavy atom. The third kappa shape index (κ3) is 6.10. The molecule has 1 N–H and O–H groups in total. The molecule has 8 heteroatoms. The number of hydrogen-bond donors (Lipinski definition) is 1. The zero-order valence-electron chi connectivity index (χ0n) is 21.9. The predicted molar refractivity (Wildman–Crippen MR) is 135 cm³/mol. The molecule has 0 aliphatic carbocycles. The number of carbonyl (C=O) groups excluding carboxylic acids is 1. The molecule has 184 valence electrons. The highest BCUT2D eigenvalue weighted by molar-refractivity contribution is 5.88. The number of amides is 1. The molecule has 0 atom stereocenters. The van der Waals surface area contributed by atoms with Crippen molar-refractivity contribution in [3.8, 4) is 6.07 Å². The predicted octanol–water partition coefficient (Wildman–Crippen LogP) is 5.33. The topological polar surface area (TPSA) is 114 Å². The number of aryl methyl sites for hydroxylation is 1. The summed E-state index contributed by atoms with van der Waals surface area (Å²) in [4.78, 5) is 30.9. The Morgan fingerprint density at radius 2 is 1.77 bits per heavy atom. The molecule has 0 aromatic carbocycles. The van der Waals surface area contributed by atoms with Crippen LogP contribution in [-0.2, 0) is 23.1 Å². The molecule has 0 aliphatic heterocycles. The van der Waals surface area contributed by atoms with Gasteiger partial charge in [0.2, 0.25) is 0 Å². The van der Waals surface area contributed by atoms with Gasteiger partial charge in [-0.15, -0.1) is 0 Å². The van der Waals surface area contributed by atoms with Crippen LogP contribution >= 0.6 is 0 Å². The molecule has 3 rings (SSSR count). The molecule has 35 heavy (non-hydrogen) atoms. The minimum absolute atomic E-state index is 0.0891. The zero-order valence-corrected chi connectivity index (χ0v) is 21.9. The second-order valence-corrected chi connectivity index (χ2v) is 10.5. The van der Waals surface area contributed by atoms with Crippen LogP contribution in [0.1, 0.15) is 95.3 Å². The van der Waals surface area contributed by atoms with Crippen molar-refractivity contribution < 1.29 is 9.53 Å². The van der Waals surface area contributed by atoms with E-state index in [2.05, 4.69) is 38.2 Å². The standard InChI is InChI=1S/C27H34N6O2/c1-9-22-20-14-29-17(10-18-13-30-23(12-28)24(32-18)16(2)3)11-19(20)21(15-31-22)27(7,8)33-25(34)35-26(4,5)6/h11,13-16H,9-10H2,1-8H3,(H,33,34). The van der Waals surface area contributed by atoms with E-state index in [9.17, 15) is 10.1 Å². The maximum atomic E-state index is 12.5. The number of ether oxygens (including phenoxy) is 1. The van der Waals surface area contributed by atoms with Crippen molar-refractivity contribution in [3.63, 3.8) is 0 Å². The molecule has 0 saturated carbocycles. The number of alkyl carbamates (subject to hydrolysis) is 1. The number of pyridine rings is 2. The lowest BCUT2D eigenvalue weighted by atomic mass is 9.90. The summed E-state index contributed by atoms with van der Waals surface area (Å²) in [5.41, 5.74) is 3.07. The Labute approximate surface area is 207 Å². The first kappa shape index (κ1) is 26.0. The van der Waals surface area contributed by atoms with Crippen molar-refractivity contribution >= 4 is 16.9 Å². The molecule has 0 fully saturated rings. The van der Waals surface area contributed by atoms with Gasteiger partial charge in [-0.2, -0.15) is 5.26 Å². The van der Waals surface area contributed by atoms with E-state index < -0.39 is 17.2 Å². The molecule has 1 amide bonds. The van der Waals surface area contributed by atoms with E-state index in [0.29, 0.717) is 17.8 Å². The minimum Gasteiger partial charge on any atom is -0.444 e. The molecule has 8 nitrogen and oxygen atoms in total. The van der Waals surface area contributed by atoms with Crippen LogP contribution in [0.25, 0.3) is 10.8 Å². The Hall–Kier alpha value is -3.60. The van der Waals surface area contributed by atoms with E-state index in [1.165, 1.54) is 0 Å². The largest absolute Gasteiger partial charge is 0.444 e. The van der Waals surface area contributed by atoms with Crippen LogP contribution in [0.5, 0.6) is 0 Å². The molecule has 0 aliphatic rings. The highest BCUT2D eigenvalue weighted by Gasteiger charge is 2.29. The first-order valence-electron chi connectivity index (χ1n) is 11.9. The van der Waals surface area contributed by atoms with Gasteiger partial charge in [-0.05, 0) is 58.4 Å². The fourth-order valence-electron chi connectivity index (χ4n) is 3.94. The van der Waals surface area contributed by atoms with Crippen molar-refractivity contribution in [3.05, 3.63) is 58.7 Å². The summed E-state index contributed by atoms with van der Waals surface area (Å²) < 4.78 is 5.48. The first-order chi connectivity index (χ1) is 16.3. The van der Waals surface area contributed by atoms with Gasteiger partial charge in [-0.1, -0.05) is 20.8 Å². The van der Waals surface area contributed by atoms with Gasteiger partial charge in [0, 0.05) is 41.2 Å². The van der Waals surface area contributed by atoms with Gasteiger partial charge in [0.05, 0.1) is 23.1 Å². The van der Waals surface area contributed by atoms with Gasteiger partial charge in [0.1, 0.15) is 11.7 Å². The summed E-state index contributed by atoms with van der Waals surface area (Å²) in [6, 6.07) is 4.14. The lowest BCUT2D eigenvalue weighted by Gasteiger charge is -2.30. The highest BCUT2D eigenvalue weighted by Crippen LogP contribution is 2.31. The van der Waals surface area contributed by atoms with Crippen LogP contribution in [0.2, 0.25) is 0 Å². The van der Waals surface area contributed by atoms with Crippen molar-refractivity contribution in [2.75, 3.05) is 0 Å². The summed E-state index contributed by atoms with van der Waals surface area (Å²) in [6.07, 6.45) is 6.03. The van der Waals surface area contributed by atoms with E-state index in [0.717, 1.165) is 39.8 Å². The number of rotatable bonds is 6. The lowest BCUT2D eigenvalue weighted by Crippen LogP contribution is -2.44. The van der Waals surface area contributed by atoms with E-state index >= 15 is 0 Å². The summed E-state index contributed by atoms with van der Waals surface area (Å²) in [6.45, 7) is 15.4. The number of fused-ring (bicyclic) bond motifs is 1. The van der Waals surface area contributed by atoms with Crippen LogP contribution in [0.4, 0.5) is 4.79 Å². The van der Waals surface area contributed by atoms with Gasteiger partial charge in [0.25, 0.3) is 0 Å². The quantitative estimate of drug-likeness (QED) is 0.514. The molecule has 0 unspecified atom stereocenters. The SMILES string of the molecule is CCc1ncc(C(C)(C)NC(=O)OC(C)(C)C)c2cc(Cc3cnc(C#N)c(C(C)C)n3)ncc12. The number of nitrogens with zero attached hydrogens (tertiary/aromatic N) is 5. The average molecular weight is 475 g/mol. The normalized spacial score (nSPS) is 12.0. The number of aromatic nitrogens is 4. The molecule has 3 heterocycles. The maximum Gasteiger partial charge on any atom is 0.408 e. The summed E-state index contributed by atoms with van der Waals surface area (Å²) >= 11 is 0. The van der Waals surface area contributed by atoms with Gasteiger partial charge in [0.15, 0.2) is 5.69 Å². The van der Waals surface area contributed by atoms with Crippen molar-refractivity contribution in [1.82, 2.24) is 25.3 Å². The first-order valence-corrected chi connectivity index (χ1v) is 11.9. The summed E-state index contributed by atoms with van der Waals surface area (Å²) in [7, 11) is 0. The van der Waals surface area contributed by atoms with E-state index in [1.807, 2.05) is 66.9 Å². The van der Waals surface area contributed by atoms with Crippen LogP contribution in [-0.4, -0.2) is 31.6 Å². The van der Waals surface area contributed by atoms with Gasteiger partial charge < -0.3 is 10.1 Å². The number of nitriles is 1. The second-order valence-electron chi connectivity index (χ2n) is 10.5. The number of carbonyl (C=O) groups is 1. The van der Waals surface area contributed by atoms with Crippen LogP contribution in [0.15, 0.2) is 24.7 Å². The maximum absolute atomic E-state index is 12.5. The molecule has 0 spiro atoms. The van der Waals surface area contributed by atoms with Gasteiger partial charge >= 0.3 is 6.09 Å². The Balaban J connectivity index is 2.04. The van der Waals surface area contributed by atoms with Crippen molar-refractivity contribution in [2.45, 2.75) is 85.3 Å². The second kappa shape index (κ2) is 9.95. The summed E-state index contributed by atoms with van der Waals surface area (Å²) in [5, 5.41) is 14.2. The van der Waals surface area contributed by atoms with Crippen molar-refractivity contribution in [2.24, 2.45) is 0 Å². The number of hydrogen-bond acceptors (Lipinski definition) is 7. The number of nitrogens with one attached hydrogen (secondary N) is 1. The fourth-order valence-corrected chi connectivity index (χ4v) is 3.94. The monoisotopic (exact) mass is 474 g/mol. The molecule has 3 aromatic rings. The Kier molecular flexibility index (Phi) is 7.39. The zero-order chi connectivity index (χ0) is 26.0. The lowest BCUT2D eigenvalue weighted by molar-refractivity contribution is 0.0471. The van der Waals surface area contributed by atoms with Gasteiger partial charge in [-0.3, -0.25) is 15.0 Å². The third-order valence-electron chi connectivity index (χ3n) is 5.60. The van der Waals surface area contributed by atoms with Crippen LogP contribution in [0.3, 0.4) is 0 Å². The fraction of sp³-hybridized carbons (Fsp3) is 0.481. The van der Waals surface area contributed by atoms with E-state index in [-0.39, 0.29) is 5.92 Å². The molecular formula is C27H34N6O2. The van der Waals surface area contributed by atoms with Crippen LogP contribution < -0.4 is 5.32 Å². The summed E-state index contributed by atoms with van der Waals surface area (Å²) in [5.74, 6) is 0.0891. The minimum atomic E-state index is -0.739. The molecule has 0 bridgehead atoms. The smallest absolute Gasteiger partial charge is 0.408 e. The Bertz CT molecular complexity index is 1290. The highest BCUT2D eigenvalue weighted by atomic mass is 16.6.